The Morgan fingerprint density at radius 3 is 2.29 bits per heavy atom. The third kappa shape index (κ3) is 5.10. The number of piperidine rings is 1. The first-order chi connectivity index (χ1) is 18.0. The maximum absolute atomic E-state index is 14.5. The third-order valence-corrected chi connectivity index (χ3v) is 7.77. The molecule has 38 heavy (non-hydrogen) atoms. The number of carbonyl (C=O) groups is 1. The van der Waals surface area contributed by atoms with Crippen LogP contribution in [0.4, 0.5) is 13.2 Å². The highest BCUT2D eigenvalue weighted by atomic mass is 19.4. The molecule has 0 radical (unpaired) electrons. The molecule has 208 valence electrons. The molecule has 2 aromatic carbocycles. The van der Waals surface area contributed by atoms with E-state index in [1.807, 2.05) is 12.1 Å². The molecule has 0 unspecified atom stereocenters. The zero-order chi connectivity index (χ0) is 27.7. The molecule has 6 nitrogen and oxygen atoms in total. The number of rotatable bonds is 8. The van der Waals surface area contributed by atoms with Gasteiger partial charge in [-0.3, -0.25) is 4.90 Å². The molecule has 2 aromatic rings. The van der Waals surface area contributed by atoms with Crippen LogP contribution in [0.25, 0.3) is 0 Å². The van der Waals surface area contributed by atoms with E-state index >= 15 is 0 Å². The van der Waals surface area contributed by atoms with Crippen molar-refractivity contribution >= 4 is 5.97 Å². The molecular formula is C29H36F3NO5. The van der Waals surface area contributed by atoms with Crippen molar-refractivity contribution in [3.05, 3.63) is 59.2 Å². The van der Waals surface area contributed by atoms with Gasteiger partial charge < -0.3 is 18.9 Å². The highest BCUT2D eigenvalue weighted by Gasteiger charge is 2.64. The summed E-state index contributed by atoms with van der Waals surface area (Å²) < 4.78 is 65.4. The molecule has 4 atom stereocenters. The van der Waals surface area contributed by atoms with E-state index in [-0.39, 0.29) is 23.4 Å². The summed E-state index contributed by atoms with van der Waals surface area (Å²) in [6.07, 6.45) is -3.82. The van der Waals surface area contributed by atoms with Crippen LogP contribution in [-0.2, 0) is 26.3 Å². The summed E-state index contributed by atoms with van der Waals surface area (Å²) in [6, 6.07) is 10.7. The highest BCUT2D eigenvalue weighted by Crippen LogP contribution is 2.47. The molecule has 0 bridgehead atoms. The van der Waals surface area contributed by atoms with E-state index in [2.05, 4.69) is 18.7 Å². The molecule has 9 heteroatoms. The van der Waals surface area contributed by atoms with Gasteiger partial charge in [-0.25, -0.2) is 4.79 Å². The number of methoxy groups -OCH3 is 3. The van der Waals surface area contributed by atoms with Crippen LogP contribution < -0.4 is 9.47 Å². The van der Waals surface area contributed by atoms with Crippen molar-refractivity contribution < 1.29 is 36.9 Å². The lowest BCUT2D eigenvalue weighted by molar-refractivity contribution is -0.280. The lowest BCUT2D eigenvalue weighted by Crippen LogP contribution is -2.55. The number of hydrogen-bond acceptors (Lipinski definition) is 6. The first-order valence-corrected chi connectivity index (χ1v) is 12.9. The Morgan fingerprint density at radius 2 is 1.71 bits per heavy atom. The minimum absolute atomic E-state index is 0.115. The topological polar surface area (TPSA) is 57.2 Å². The summed E-state index contributed by atoms with van der Waals surface area (Å²) in [4.78, 5) is 15.9. The average molecular weight is 536 g/mol. The smallest absolute Gasteiger partial charge is 0.432 e. The molecule has 2 heterocycles. The Labute approximate surface area is 222 Å². The summed E-state index contributed by atoms with van der Waals surface area (Å²) >= 11 is 0. The Morgan fingerprint density at radius 1 is 1.05 bits per heavy atom. The van der Waals surface area contributed by atoms with Gasteiger partial charge in [0.1, 0.15) is 6.10 Å². The van der Waals surface area contributed by atoms with E-state index in [4.69, 9.17) is 18.9 Å². The van der Waals surface area contributed by atoms with Crippen molar-refractivity contribution in [2.24, 2.45) is 11.8 Å². The minimum Gasteiger partial charge on any atom is -0.493 e. The molecule has 0 aliphatic carbocycles. The van der Waals surface area contributed by atoms with Crippen LogP contribution in [0.15, 0.2) is 42.5 Å². The largest absolute Gasteiger partial charge is 0.493 e. The molecule has 2 aliphatic rings. The molecule has 1 fully saturated rings. The van der Waals surface area contributed by atoms with Crippen molar-refractivity contribution in [3.63, 3.8) is 0 Å². The number of nitrogens with zero attached hydrogens (tertiary/aromatic N) is 1. The molecule has 0 amide bonds. The molecule has 0 aromatic heterocycles. The first-order valence-electron chi connectivity index (χ1n) is 12.9. The normalized spacial score (nSPS) is 23.2. The zero-order valence-electron chi connectivity index (χ0n) is 22.5. The van der Waals surface area contributed by atoms with E-state index in [1.54, 1.807) is 20.3 Å². The number of alkyl halides is 3. The summed E-state index contributed by atoms with van der Waals surface area (Å²) in [5.41, 5.74) is -1.40. The van der Waals surface area contributed by atoms with Gasteiger partial charge in [-0.05, 0) is 42.0 Å². The van der Waals surface area contributed by atoms with Crippen LogP contribution in [0, 0.1) is 11.8 Å². The van der Waals surface area contributed by atoms with Gasteiger partial charge in [0.05, 0.1) is 14.2 Å². The van der Waals surface area contributed by atoms with Crippen molar-refractivity contribution in [2.45, 2.75) is 57.0 Å². The Balaban J connectivity index is 1.70. The Bertz CT molecular complexity index is 1120. The summed E-state index contributed by atoms with van der Waals surface area (Å²) in [6.45, 7) is 5.54. The predicted octanol–water partition coefficient (Wildman–Crippen LogP) is 5.69. The van der Waals surface area contributed by atoms with Crippen LogP contribution in [0.1, 0.15) is 49.4 Å². The quantitative estimate of drug-likeness (QED) is 0.405. The molecule has 2 aliphatic heterocycles. The van der Waals surface area contributed by atoms with E-state index in [1.165, 1.54) is 24.3 Å². The van der Waals surface area contributed by atoms with Gasteiger partial charge >= 0.3 is 12.1 Å². The number of esters is 1. The number of carbonyl (C=O) groups excluding carboxylic acids is 1. The first kappa shape index (κ1) is 28.2. The van der Waals surface area contributed by atoms with Gasteiger partial charge in [0, 0.05) is 44.1 Å². The number of benzene rings is 2. The number of halogens is 3. The van der Waals surface area contributed by atoms with Crippen molar-refractivity contribution in [2.75, 3.05) is 34.4 Å². The lowest BCUT2D eigenvalue weighted by atomic mass is 9.79. The Kier molecular flexibility index (Phi) is 8.28. The molecule has 4 rings (SSSR count). The third-order valence-electron chi connectivity index (χ3n) is 7.77. The second-order valence-electron chi connectivity index (χ2n) is 10.5. The number of hydrogen-bond donors (Lipinski definition) is 0. The maximum Gasteiger partial charge on any atom is 0.432 e. The molecule has 1 saturated heterocycles. The lowest BCUT2D eigenvalue weighted by Gasteiger charge is -2.47. The molecule has 0 spiro atoms. The van der Waals surface area contributed by atoms with Gasteiger partial charge in [-0.2, -0.15) is 13.2 Å². The van der Waals surface area contributed by atoms with E-state index < -0.39 is 23.9 Å². The summed E-state index contributed by atoms with van der Waals surface area (Å²) in [5, 5.41) is 0. The minimum atomic E-state index is -5.02. The van der Waals surface area contributed by atoms with Crippen LogP contribution in [-0.4, -0.2) is 57.6 Å². The Hall–Kier alpha value is -2.78. The maximum atomic E-state index is 14.5. The van der Waals surface area contributed by atoms with Gasteiger partial charge in [0.2, 0.25) is 0 Å². The zero-order valence-corrected chi connectivity index (χ0v) is 22.5. The summed E-state index contributed by atoms with van der Waals surface area (Å²) in [7, 11) is 4.05. The standard InChI is InChI=1S/C29H36F3NO5/c1-18(2)13-20-17-33-12-11-19-14-25(35-3)26(36-4)15-22(19)23(33)16-24(20)38-27(34)28(37-5,29(30,31)32)21-9-7-6-8-10-21/h6-10,14-15,18,20,23-24H,11-13,16-17H2,1-5H3/t20-,23+,24+,28+/m1/s1. The van der Waals surface area contributed by atoms with Crippen molar-refractivity contribution in [1.82, 2.24) is 4.90 Å². The highest BCUT2D eigenvalue weighted by molar-refractivity contribution is 5.83. The van der Waals surface area contributed by atoms with Gasteiger partial charge in [0.25, 0.3) is 5.60 Å². The fraction of sp³-hybridized carbons (Fsp3) is 0.552. The SMILES string of the molecule is COc1cc2c(cc1OC)[C@@H]1C[C@H](OC(=O)[C@@](OC)(c3ccccc3)C(F)(F)F)[C@H](CC(C)C)CN1CC2. The fourth-order valence-electron chi connectivity index (χ4n) is 5.99. The number of ether oxygens (including phenoxy) is 4. The van der Waals surface area contributed by atoms with Crippen LogP contribution >= 0.6 is 0 Å². The van der Waals surface area contributed by atoms with Gasteiger partial charge in [-0.15, -0.1) is 0 Å². The second-order valence-corrected chi connectivity index (χ2v) is 10.5. The van der Waals surface area contributed by atoms with Gasteiger partial charge in [0.15, 0.2) is 11.5 Å². The monoisotopic (exact) mass is 535 g/mol. The van der Waals surface area contributed by atoms with Crippen molar-refractivity contribution in [1.29, 1.82) is 0 Å². The second kappa shape index (κ2) is 11.1. The van der Waals surface area contributed by atoms with Crippen LogP contribution in [0.5, 0.6) is 11.5 Å². The van der Waals surface area contributed by atoms with Crippen molar-refractivity contribution in [3.8, 4) is 11.5 Å². The van der Waals surface area contributed by atoms with E-state index in [9.17, 15) is 18.0 Å². The molecular weight excluding hydrogens is 499 g/mol. The van der Waals surface area contributed by atoms with E-state index in [0.717, 1.165) is 37.6 Å². The summed E-state index contributed by atoms with van der Waals surface area (Å²) in [5.74, 6) is -0.0487. The van der Waals surface area contributed by atoms with Crippen LogP contribution in [0.2, 0.25) is 0 Å². The predicted molar refractivity (Wildman–Crippen MR) is 136 cm³/mol. The fourth-order valence-corrected chi connectivity index (χ4v) is 5.99. The van der Waals surface area contributed by atoms with Gasteiger partial charge in [-0.1, -0.05) is 44.2 Å². The van der Waals surface area contributed by atoms with Crippen LogP contribution in [0.3, 0.4) is 0 Å². The average Bonchev–Trinajstić information content (AvgIpc) is 2.88. The van der Waals surface area contributed by atoms with E-state index in [0.29, 0.717) is 24.5 Å². The molecule has 0 saturated carbocycles. The molecule has 0 N–H and O–H groups in total. The number of fused-ring (bicyclic) bond motifs is 3.